The highest BCUT2D eigenvalue weighted by molar-refractivity contribution is 6.30. The molecule has 2 aliphatic rings. The number of nitrogens with two attached hydrogens (primary N) is 1. The maximum atomic E-state index is 11.8. The Hall–Kier alpha value is -2.39. The van der Waals surface area contributed by atoms with Gasteiger partial charge in [-0.1, -0.05) is 23.7 Å². The zero-order chi connectivity index (χ0) is 25.4. The van der Waals surface area contributed by atoms with Crippen LogP contribution < -0.4 is 21.9 Å². The standard InChI is InChI=1S/C27H34ClN5O3.ClH/c1-16-11-23(31-32(16)2)18-5-9-20(10-6-18)33-14-22(13-30-25-24(29)26(34)27(25)35)36-15-21(33)12-17-3-7-19(28)8-4-17;/h3-4,7-8,11,18,20-22,30H,5-6,9-10,12-15,29H2,1-2H3;1H/t18?,20?,21-,22-;/m0./s1. The van der Waals surface area contributed by atoms with E-state index in [1.807, 2.05) is 23.9 Å². The van der Waals surface area contributed by atoms with Gasteiger partial charge in [0, 0.05) is 48.9 Å². The Labute approximate surface area is 228 Å². The summed E-state index contributed by atoms with van der Waals surface area (Å²) in [6.45, 7) is 3.91. The molecular formula is C27H35Cl2N5O3. The summed E-state index contributed by atoms with van der Waals surface area (Å²) in [6, 6.07) is 11.0. The summed E-state index contributed by atoms with van der Waals surface area (Å²) < 4.78 is 8.19. The van der Waals surface area contributed by atoms with Gasteiger partial charge in [-0.2, -0.15) is 5.10 Å². The van der Waals surface area contributed by atoms with E-state index in [9.17, 15) is 9.59 Å². The van der Waals surface area contributed by atoms with Crippen molar-refractivity contribution in [1.29, 1.82) is 0 Å². The maximum Gasteiger partial charge on any atom is 0.253 e. The molecule has 1 aromatic heterocycles. The molecule has 10 heteroatoms. The Balaban J connectivity index is 0.00000320. The fraction of sp³-hybridized carbons (Fsp3) is 0.519. The van der Waals surface area contributed by atoms with Gasteiger partial charge in [0.15, 0.2) is 0 Å². The quantitative estimate of drug-likeness (QED) is 0.436. The van der Waals surface area contributed by atoms with Gasteiger partial charge in [0.2, 0.25) is 0 Å². The summed E-state index contributed by atoms with van der Waals surface area (Å²) >= 11 is 6.10. The van der Waals surface area contributed by atoms with E-state index in [2.05, 4.69) is 35.3 Å². The highest BCUT2D eigenvalue weighted by Crippen LogP contribution is 2.36. The molecule has 2 heterocycles. The summed E-state index contributed by atoms with van der Waals surface area (Å²) in [5.41, 5.74) is 8.44. The van der Waals surface area contributed by atoms with Crippen LogP contribution in [-0.4, -0.2) is 52.6 Å². The predicted octanol–water partition coefficient (Wildman–Crippen LogP) is 3.43. The van der Waals surface area contributed by atoms with Gasteiger partial charge in [-0.25, -0.2) is 0 Å². The van der Waals surface area contributed by atoms with Crippen molar-refractivity contribution in [2.75, 3.05) is 30.7 Å². The minimum atomic E-state index is -0.605. The van der Waals surface area contributed by atoms with Gasteiger partial charge < -0.3 is 15.8 Å². The second-order valence-electron chi connectivity index (χ2n) is 10.3. The molecule has 3 N–H and O–H groups in total. The number of nitrogen functional groups attached to an aromatic ring is 1. The van der Waals surface area contributed by atoms with Crippen LogP contribution in [0.4, 0.5) is 11.4 Å². The van der Waals surface area contributed by atoms with E-state index in [4.69, 9.17) is 27.2 Å². The molecule has 0 spiro atoms. The minimum Gasteiger partial charge on any atom is -0.394 e. The second kappa shape index (κ2) is 11.6. The van der Waals surface area contributed by atoms with Gasteiger partial charge in [-0.15, -0.1) is 12.4 Å². The van der Waals surface area contributed by atoms with Crippen molar-refractivity contribution in [3.63, 3.8) is 0 Å². The number of aryl methyl sites for hydroxylation is 2. The maximum absolute atomic E-state index is 11.8. The fourth-order valence-electron chi connectivity index (χ4n) is 5.71. The van der Waals surface area contributed by atoms with Crippen LogP contribution in [0.25, 0.3) is 0 Å². The summed E-state index contributed by atoms with van der Waals surface area (Å²) in [4.78, 5) is 25.8. The van der Waals surface area contributed by atoms with E-state index in [1.165, 1.54) is 17.0 Å². The van der Waals surface area contributed by atoms with Crippen LogP contribution in [0.2, 0.25) is 5.02 Å². The van der Waals surface area contributed by atoms with Crippen molar-refractivity contribution in [1.82, 2.24) is 14.7 Å². The van der Waals surface area contributed by atoms with Crippen LogP contribution in [0.5, 0.6) is 0 Å². The zero-order valence-corrected chi connectivity index (χ0v) is 22.9. The summed E-state index contributed by atoms with van der Waals surface area (Å²) in [5.74, 6) is 0.506. The molecule has 1 saturated heterocycles. The molecule has 0 amide bonds. The normalized spacial score (nSPS) is 24.6. The van der Waals surface area contributed by atoms with Gasteiger partial charge in [-0.05, 0) is 62.8 Å². The van der Waals surface area contributed by atoms with Crippen molar-refractivity contribution >= 4 is 35.4 Å². The topological polar surface area (TPSA) is 102 Å². The highest BCUT2D eigenvalue weighted by atomic mass is 35.5. The Kier molecular flexibility index (Phi) is 8.63. The lowest BCUT2D eigenvalue weighted by molar-refractivity contribution is -0.0789. The van der Waals surface area contributed by atoms with Crippen molar-refractivity contribution in [3.05, 3.63) is 72.8 Å². The van der Waals surface area contributed by atoms with E-state index in [1.54, 1.807) is 0 Å². The molecule has 2 aromatic carbocycles. The molecule has 200 valence electrons. The Morgan fingerprint density at radius 3 is 2.46 bits per heavy atom. The number of benzene rings is 1. The monoisotopic (exact) mass is 547 g/mol. The SMILES string of the molecule is Cc1cc(C2CCC(N3C[C@H](CNc4c(N)c(=O)c4=O)OC[C@@H]3Cc3ccc(Cl)cc3)CC2)nn1C.Cl. The highest BCUT2D eigenvalue weighted by Gasteiger charge is 2.36. The molecule has 0 unspecified atom stereocenters. The van der Waals surface area contributed by atoms with E-state index in [-0.39, 0.29) is 35.9 Å². The molecule has 37 heavy (non-hydrogen) atoms. The number of ether oxygens (including phenoxy) is 1. The molecule has 3 aromatic rings. The van der Waals surface area contributed by atoms with Crippen molar-refractivity contribution in [3.8, 4) is 0 Å². The number of anilines is 2. The molecule has 1 saturated carbocycles. The van der Waals surface area contributed by atoms with E-state index in [0.717, 1.165) is 43.7 Å². The third kappa shape index (κ3) is 5.87. The first-order valence-electron chi connectivity index (χ1n) is 12.7. The van der Waals surface area contributed by atoms with Crippen LogP contribution >= 0.6 is 24.0 Å². The van der Waals surface area contributed by atoms with Crippen LogP contribution in [0, 0.1) is 6.92 Å². The average Bonchev–Trinajstić information content (AvgIpc) is 3.23. The van der Waals surface area contributed by atoms with Gasteiger partial charge in [0.1, 0.15) is 11.4 Å². The van der Waals surface area contributed by atoms with E-state index >= 15 is 0 Å². The number of nitrogens with one attached hydrogen (secondary N) is 1. The van der Waals surface area contributed by atoms with Gasteiger partial charge in [0.05, 0.1) is 18.4 Å². The Morgan fingerprint density at radius 2 is 1.84 bits per heavy atom. The fourth-order valence-corrected chi connectivity index (χ4v) is 5.84. The minimum absolute atomic E-state index is 0. The summed E-state index contributed by atoms with van der Waals surface area (Å²) in [5, 5.41) is 8.53. The van der Waals surface area contributed by atoms with Crippen LogP contribution in [0.3, 0.4) is 0 Å². The number of halogens is 2. The molecular weight excluding hydrogens is 513 g/mol. The molecule has 5 rings (SSSR count). The first kappa shape index (κ1) is 27.6. The zero-order valence-electron chi connectivity index (χ0n) is 21.3. The molecule has 1 aliphatic heterocycles. The van der Waals surface area contributed by atoms with Gasteiger partial charge >= 0.3 is 0 Å². The number of rotatable bonds is 7. The average molecular weight is 549 g/mol. The number of aromatic nitrogens is 2. The number of hydrogen-bond donors (Lipinski definition) is 2. The number of morpholine rings is 1. The predicted molar refractivity (Wildman–Crippen MR) is 150 cm³/mol. The van der Waals surface area contributed by atoms with Crippen molar-refractivity contribution < 1.29 is 4.74 Å². The van der Waals surface area contributed by atoms with E-state index in [0.29, 0.717) is 25.1 Å². The molecule has 1 aliphatic carbocycles. The van der Waals surface area contributed by atoms with Crippen LogP contribution in [0.15, 0.2) is 39.9 Å². The lowest BCUT2D eigenvalue weighted by Crippen LogP contribution is -2.57. The first-order chi connectivity index (χ1) is 17.3. The molecule has 8 nitrogen and oxygen atoms in total. The third-order valence-corrected chi connectivity index (χ3v) is 8.21. The number of nitrogens with zero attached hydrogens (tertiary/aromatic N) is 3. The first-order valence-corrected chi connectivity index (χ1v) is 13.1. The molecule has 0 bridgehead atoms. The summed E-state index contributed by atoms with van der Waals surface area (Å²) in [6.07, 6.45) is 5.27. The van der Waals surface area contributed by atoms with Gasteiger partial charge in [0.25, 0.3) is 10.9 Å². The summed E-state index contributed by atoms with van der Waals surface area (Å²) in [7, 11) is 2.00. The Bertz CT molecular complexity index is 1260. The smallest absolute Gasteiger partial charge is 0.253 e. The molecule has 2 atom stereocenters. The van der Waals surface area contributed by atoms with Crippen LogP contribution in [-0.2, 0) is 18.2 Å². The molecule has 0 radical (unpaired) electrons. The number of hydrogen-bond acceptors (Lipinski definition) is 7. The van der Waals surface area contributed by atoms with E-state index < -0.39 is 10.9 Å². The Morgan fingerprint density at radius 1 is 1.14 bits per heavy atom. The third-order valence-electron chi connectivity index (χ3n) is 7.96. The van der Waals surface area contributed by atoms with Gasteiger partial charge in [-0.3, -0.25) is 19.2 Å². The van der Waals surface area contributed by atoms with Crippen molar-refractivity contribution in [2.24, 2.45) is 7.05 Å². The lowest BCUT2D eigenvalue weighted by atomic mass is 9.82. The van der Waals surface area contributed by atoms with Crippen LogP contribution in [0.1, 0.15) is 48.6 Å². The second-order valence-corrected chi connectivity index (χ2v) is 10.7. The largest absolute Gasteiger partial charge is 0.394 e. The lowest BCUT2D eigenvalue weighted by Gasteiger charge is -2.46. The van der Waals surface area contributed by atoms with Crippen molar-refractivity contribution in [2.45, 2.75) is 63.1 Å². The molecule has 2 fully saturated rings.